The van der Waals surface area contributed by atoms with Gasteiger partial charge in [-0.15, -0.1) is 0 Å². The van der Waals surface area contributed by atoms with Gasteiger partial charge >= 0.3 is 6.01 Å². The smallest absolute Gasteiger partial charge is 0.316 e. The van der Waals surface area contributed by atoms with Gasteiger partial charge in [0.15, 0.2) is 0 Å². The molecule has 0 aromatic carbocycles. The lowest BCUT2D eigenvalue weighted by Gasteiger charge is -2.21. The maximum absolute atomic E-state index is 5.42. The van der Waals surface area contributed by atoms with Gasteiger partial charge in [0.25, 0.3) is 0 Å². The second-order valence-electron chi connectivity index (χ2n) is 4.15. The Kier molecular flexibility index (Phi) is 3.86. The van der Waals surface area contributed by atoms with Crippen molar-refractivity contribution in [1.29, 1.82) is 0 Å². The molecule has 1 aromatic rings. The molecule has 3 nitrogen and oxygen atoms in total. The van der Waals surface area contributed by atoms with Gasteiger partial charge in [0.05, 0.1) is 6.61 Å². The molecule has 0 aliphatic carbocycles. The molecule has 0 saturated heterocycles. The van der Waals surface area contributed by atoms with E-state index >= 15 is 0 Å². The molecule has 1 rings (SSSR count). The van der Waals surface area contributed by atoms with E-state index in [-0.39, 0.29) is 0 Å². The summed E-state index contributed by atoms with van der Waals surface area (Å²) in [5, 5.41) is 0. The molecule has 0 spiro atoms. The SMILES string of the molecule is CCC(C)(C)CCOc1ncccn1. The van der Waals surface area contributed by atoms with E-state index in [4.69, 9.17) is 4.74 Å². The summed E-state index contributed by atoms with van der Waals surface area (Å²) < 4.78 is 5.42. The number of rotatable bonds is 5. The number of aromatic nitrogens is 2. The van der Waals surface area contributed by atoms with Crippen LogP contribution in [0, 0.1) is 5.41 Å². The minimum atomic E-state index is 0.342. The Hall–Kier alpha value is -1.12. The highest BCUT2D eigenvalue weighted by molar-refractivity contribution is 4.93. The van der Waals surface area contributed by atoms with Crippen LogP contribution in [0.3, 0.4) is 0 Å². The van der Waals surface area contributed by atoms with E-state index in [1.54, 1.807) is 18.5 Å². The first-order chi connectivity index (χ1) is 6.64. The molecule has 0 fully saturated rings. The highest BCUT2D eigenvalue weighted by Crippen LogP contribution is 2.23. The summed E-state index contributed by atoms with van der Waals surface area (Å²) in [7, 11) is 0. The van der Waals surface area contributed by atoms with Crippen molar-refractivity contribution in [2.24, 2.45) is 5.41 Å². The van der Waals surface area contributed by atoms with Crippen LogP contribution in [0.5, 0.6) is 6.01 Å². The van der Waals surface area contributed by atoms with Gasteiger partial charge < -0.3 is 4.74 Å². The lowest BCUT2D eigenvalue weighted by molar-refractivity contribution is 0.211. The average Bonchev–Trinajstić information content (AvgIpc) is 2.19. The van der Waals surface area contributed by atoms with Crippen molar-refractivity contribution in [1.82, 2.24) is 9.97 Å². The lowest BCUT2D eigenvalue weighted by atomic mass is 9.87. The third-order valence-corrected chi connectivity index (χ3v) is 2.51. The molecule has 0 saturated carbocycles. The molecule has 0 unspecified atom stereocenters. The zero-order valence-electron chi connectivity index (χ0n) is 9.16. The van der Waals surface area contributed by atoms with Crippen LogP contribution in [-0.4, -0.2) is 16.6 Å². The van der Waals surface area contributed by atoms with E-state index in [1.807, 2.05) is 0 Å². The van der Waals surface area contributed by atoms with Gasteiger partial charge in [0.2, 0.25) is 0 Å². The van der Waals surface area contributed by atoms with Crippen LogP contribution in [-0.2, 0) is 0 Å². The Balaban J connectivity index is 2.29. The molecule has 0 N–H and O–H groups in total. The molecule has 78 valence electrons. The minimum absolute atomic E-state index is 0.342. The van der Waals surface area contributed by atoms with E-state index in [0.717, 1.165) is 12.8 Å². The van der Waals surface area contributed by atoms with Gasteiger partial charge in [-0.25, -0.2) is 9.97 Å². The van der Waals surface area contributed by atoms with E-state index in [9.17, 15) is 0 Å². The van der Waals surface area contributed by atoms with Crippen molar-refractivity contribution in [3.05, 3.63) is 18.5 Å². The summed E-state index contributed by atoms with van der Waals surface area (Å²) in [4.78, 5) is 7.98. The van der Waals surface area contributed by atoms with Crippen molar-refractivity contribution in [3.8, 4) is 6.01 Å². The molecule has 0 bridgehead atoms. The molecule has 0 radical (unpaired) electrons. The Labute approximate surface area is 85.5 Å². The predicted molar refractivity (Wildman–Crippen MR) is 56.2 cm³/mol. The number of ether oxygens (including phenoxy) is 1. The maximum atomic E-state index is 5.42. The molecule has 1 heterocycles. The van der Waals surface area contributed by atoms with Gasteiger partial charge in [0.1, 0.15) is 0 Å². The first kappa shape index (κ1) is 11.0. The first-order valence-electron chi connectivity index (χ1n) is 5.04. The molecule has 0 aliphatic rings. The summed E-state index contributed by atoms with van der Waals surface area (Å²) in [6.07, 6.45) is 5.56. The van der Waals surface area contributed by atoms with Gasteiger partial charge in [-0.05, 0) is 17.9 Å². The molecule has 1 aromatic heterocycles. The predicted octanol–water partition coefficient (Wildman–Crippen LogP) is 2.68. The first-order valence-corrected chi connectivity index (χ1v) is 5.04. The van der Waals surface area contributed by atoms with Crippen LogP contribution in [0.15, 0.2) is 18.5 Å². The number of hydrogen-bond acceptors (Lipinski definition) is 3. The average molecular weight is 194 g/mol. The van der Waals surface area contributed by atoms with E-state index in [1.165, 1.54) is 0 Å². The zero-order chi connectivity index (χ0) is 10.4. The molecule has 0 aliphatic heterocycles. The Morgan fingerprint density at radius 3 is 2.50 bits per heavy atom. The quantitative estimate of drug-likeness (QED) is 0.722. The topological polar surface area (TPSA) is 35.0 Å². The largest absolute Gasteiger partial charge is 0.463 e. The van der Waals surface area contributed by atoms with Crippen LogP contribution in [0.25, 0.3) is 0 Å². The highest BCUT2D eigenvalue weighted by atomic mass is 16.5. The zero-order valence-corrected chi connectivity index (χ0v) is 9.16. The van der Waals surface area contributed by atoms with Crippen molar-refractivity contribution < 1.29 is 4.74 Å². The van der Waals surface area contributed by atoms with E-state index in [2.05, 4.69) is 30.7 Å². The molecular weight excluding hydrogens is 176 g/mol. The maximum Gasteiger partial charge on any atom is 0.316 e. The van der Waals surface area contributed by atoms with Crippen molar-refractivity contribution in [2.45, 2.75) is 33.6 Å². The highest BCUT2D eigenvalue weighted by Gasteiger charge is 2.14. The van der Waals surface area contributed by atoms with Gasteiger partial charge in [0, 0.05) is 12.4 Å². The minimum Gasteiger partial charge on any atom is -0.463 e. The third-order valence-electron chi connectivity index (χ3n) is 2.51. The van der Waals surface area contributed by atoms with Crippen molar-refractivity contribution >= 4 is 0 Å². The fourth-order valence-electron chi connectivity index (χ4n) is 0.955. The monoisotopic (exact) mass is 194 g/mol. The summed E-state index contributed by atoms with van der Waals surface area (Å²) in [6, 6.07) is 2.25. The summed E-state index contributed by atoms with van der Waals surface area (Å²) >= 11 is 0. The van der Waals surface area contributed by atoms with Crippen LogP contribution >= 0.6 is 0 Å². The van der Waals surface area contributed by atoms with Crippen LogP contribution in [0.2, 0.25) is 0 Å². The fraction of sp³-hybridized carbons (Fsp3) is 0.636. The number of nitrogens with zero attached hydrogens (tertiary/aromatic N) is 2. The second kappa shape index (κ2) is 4.94. The molecule has 0 amide bonds. The summed E-state index contributed by atoms with van der Waals surface area (Å²) in [5.74, 6) is 0. The van der Waals surface area contributed by atoms with Crippen LogP contribution < -0.4 is 4.74 Å². The molecule has 14 heavy (non-hydrogen) atoms. The Bertz CT molecular complexity index is 259. The van der Waals surface area contributed by atoms with Crippen LogP contribution in [0.1, 0.15) is 33.6 Å². The van der Waals surface area contributed by atoms with E-state index < -0.39 is 0 Å². The van der Waals surface area contributed by atoms with Crippen LogP contribution in [0.4, 0.5) is 0 Å². The van der Waals surface area contributed by atoms with Gasteiger partial charge in [-0.1, -0.05) is 27.2 Å². The van der Waals surface area contributed by atoms with Gasteiger partial charge in [-0.3, -0.25) is 0 Å². The molecular formula is C11H18N2O. The third kappa shape index (κ3) is 3.73. The standard InChI is InChI=1S/C11H18N2O/c1-4-11(2,3)6-9-14-10-12-7-5-8-13-10/h5,7-8H,4,6,9H2,1-3H3. The molecule has 0 atom stereocenters. The Morgan fingerprint density at radius 1 is 1.29 bits per heavy atom. The number of hydrogen-bond donors (Lipinski definition) is 0. The van der Waals surface area contributed by atoms with Crippen molar-refractivity contribution in [2.75, 3.05) is 6.61 Å². The van der Waals surface area contributed by atoms with Crippen molar-refractivity contribution in [3.63, 3.8) is 0 Å². The second-order valence-corrected chi connectivity index (χ2v) is 4.15. The summed E-state index contributed by atoms with van der Waals surface area (Å²) in [6.45, 7) is 7.36. The Morgan fingerprint density at radius 2 is 1.93 bits per heavy atom. The fourth-order valence-corrected chi connectivity index (χ4v) is 0.955. The summed E-state index contributed by atoms with van der Waals surface area (Å²) in [5.41, 5.74) is 0.342. The van der Waals surface area contributed by atoms with E-state index in [0.29, 0.717) is 18.0 Å². The molecule has 3 heteroatoms. The van der Waals surface area contributed by atoms with Gasteiger partial charge in [-0.2, -0.15) is 0 Å². The lowest BCUT2D eigenvalue weighted by Crippen LogP contribution is -2.14. The normalized spacial score (nSPS) is 11.4.